The van der Waals surface area contributed by atoms with E-state index in [0.717, 1.165) is 12.7 Å². The Kier molecular flexibility index (Phi) is 5.54. The normalized spacial score (nSPS) is 20.8. The van der Waals surface area contributed by atoms with Crippen LogP contribution in [-0.2, 0) is 9.31 Å². The second kappa shape index (κ2) is 7.06. The van der Waals surface area contributed by atoms with Crippen LogP contribution >= 0.6 is 0 Å². The van der Waals surface area contributed by atoms with Gasteiger partial charge in [0, 0.05) is 0 Å². The number of benzene rings is 1. The zero-order valence-electron chi connectivity index (χ0n) is 15.1. The van der Waals surface area contributed by atoms with Gasteiger partial charge in [0.1, 0.15) is 0 Å². The summed E-state index contributed by atoms with van der Waals surface area (Å²) in [5.74, 6) is 0.377. The van der Waals surface area contributed by atoms with Gasteiger partial charge in [-0.05, 0) is 64.4 Å². The zero-order valence-corrected chi connectivity index (χ0v) is 15.1. The monoisotopic (exact) mass is 312 g/mol. The van der Waals surface area contributed by atoms with Crippen molar-refractivity contribution in [3.05, 3.63) is 60.2 Å². The van der Waals surface area contributed by atoms with E-state index in [4.69, 9.17) is 9.31 Å². The van der Waals surface area contributed by atoms with Crippen LogP contribution in [0.5, 0.6) is 0 Å². The van der Waals surface area contributed by atoms with Crippen molar-refractivity contribution in [2.24, 2.45) is 0 Å². The van der Waals surface area contributed by atoms with Crippen LogP contribution < -0.4 is 0 Å². The first-order valence-electron chi connectivity index (χ1n) is 8.45. The SMILES string of the molecule is C=C/C=C/C[C@H](CB1OC(C)(C)C(C)(C)O1)c1ccccc1C. The maximum atomic E-state index is 6.20. The fraction of sp³-hybridized carbons (Fsp3) is 0.500. The molecule has 1 aromatic rings. The standard InChI is InChI=1S/C20H29BO2/c1-7-8-9-13-17(18-14-11-10-12-16(18)2)15-21-22-19(3,4)20(5,6)23-21/h7-12,14,17H,1,13,15H2,2-6H3/b9-8+/t17-/m1/s1. The van der Waals surface area contributed by atoms with Gasteiger partial charge in [0.25, 0.3) is 0 Å². The molecule has 1 aromatic carbocycles. The number of aryl methyl sites for hydroxylation is 1. The van der Waals surface area contributed by atoms with Gasteiger partial charge in [-0.2, -0.15) is 0 Å². The summed E-state index contributed by atoms with van der Waals surface area (Å²) in [5, 5.41) is 0. The maximum Gasteiger partial charge on any atom is 0.458 e. The molecule has 2 rings (SSSR count). The first-order chi connectivity index (χ1) is 10.8. The summed E-state index contributed by atoms with van der Waals surface area (Å²) < 4.78 is 12.4. The molecule has 0 saturated carbocycles. The Hall–Kier alpha value is -1.32. The second-order valence-electron chi connectivity index (χ2n) is 7.37. The van der Waals surface area contributed by atoms with Gasteiger partial charge in [-0.15, -0.1) is 0 Å². The van der Waals surface area contributed by atoms with Crippen molar-refractivity contribution >= 4 is 7.12 Å². The molecular weight excluding hydrogens is 283 g/mol. The quantitative estimate of drug-likeness (QED) is 0.524. The fourth-order valence-electron chi connectivity index (χ4n) is 3.03. The minimum absolute atomic E-state index is 0.165. The Labute approximate surface area is 141 Å². The van der Waals surface area contributed by atoms with Gasteiger partial charge in [0.05, 0.1) is 11.2 Å². The van der Waals surface area contributed by atoms with Crippen molar-refractivity contribution in [1.29, 1.82) is 0 Å². The number of rotatable bonds is 6. The van der Waals surface area contributed by atoms with Crippen LogP contribution in [0.25, 0.3) is 0 Å². The smallest absolute Gasteiger partial charge is 0.403 e. The molecular formula is C20H29BO2. The van der Waals surface area contributed by atoms with Crippen molar-refractivity contribution in [2.45, 2.75) is 64.5 Å². The predicted molar refractivity (Wildman–Crippen MR) is 98.8 cm³/mol. The molecule has 1 fully saturated rings. The summed E-state index contributed by atoms with van der Waals surface area (Å²) in [6.07, 6.45) is 7.83. The summed E-state index contributed by atoms with van der Waals surface area (Å²) in [6.45, 7) is 14.3. The van der Waals surface area contributed by atoms with Gasteiger partial charge in [0.15, 0.2) is 0 Å². The van der Waals surface area contributed by atoms with Crippen molar-refractivity contribution in [1.82, 2.24) is 0 Å². The predicted octanol–water partition coefficient (Wildman–Crippen LogP) is 5.30. The Balaban J connectivity index is 2.18. The molecule has 1 aliphatic heterocycles. The lowest BCUT2D eigenvalue weighted by molar-refractivity contribution is 0.00578. The molecule has 1 saturated heterocycles. The van der Waals surface area contributed by atoms with E-state index >= 15 is 0 Å². The van der Waals surface area contributed by atoms with Crippen molar-refractivity contribution in [3.63, 3.8) is 0 Å². The van der Waals surface area contributed by atoms with Gasteiger partial charge in [-0.1, -0.05) is 49.1 Å². The highest BCUT2D eigenvalue weighted by Crippen LogP contribution is 2.40. The third kappa shape index (κ3) is 4.16. The average molecular weight is 312 g/mol. The van der Waals surface area contributed by atoms with E-state index in [1.807, 2.05) is 12.2 Å². The van der Waals surface area contributed by atoms with Crippen molar-refractivity contribution in [3.8, 4) is 0 Å². The van der Waals surface area contributed by atoms with E-state index in [1.165, 1.54) is 11.1 Å². The number of hydrogen-bond donors (Lipinski definition) is 0. The number of hydrogen-bond acceptors (Lipinski definition) is 2. The van der Waals surface area contributed by atoms with Crippen LogP contribution in [0.1, 0.15) is 51.2 Å². The molecule has 0 amide bonds. The van der Waals surface area contributed by atoms with Crippen LogP contribution in [0.15, 0.2) is 49.1 Å². The molecule has 0 unspecified atom stereocenters. The van der Waals surface area contributed by atoms with Gasteiger partial charge < -0.3 is 9.31 Å². The van der Waals surface area contributed by atoms with E-state index in [1.54, 1.807) is 0 Å². The molecule has 1 aliphatic rings. The lowest BCUT2D eigenvalue weighted by atomic mass is 9.72. The Bertz CT molecular complexity index is 559. The summed E-state index contributed by atoms with van der Waals surface area (Å²) in [6, 6.07) is 8.58. The van der Waals surface area contributed by atoms with E-state index < -0.39 is 0 Å². The molecule has 124 valence electrons. The topological polar surface area (TPSA) is 18.5 Å². The minimum Gasteiger partial charge on any atom is -0.403 e. The highest BCUT2D eigenvalue weighted by Gasteiger charge is 2.51. The van der Waals surface area contributed by atoms with Gasteiger partial charge in [-0.3, -0.25) is 0 Å². The minimum atomic E-state index is -0.273. The Morgan fingerprint density at radius 3 is 2.30 bits per heavy atom. The molecule has 0 spiro atoms. The Morgan fingerprint density at radius 2 is 1.74 bits per heavy atom. The van der Waals surface area contributed by atoms with E-state index in [0.29, 0.717) is 5.92 Å². The van der Waals surface area contributed by atoms with Gasteiger partial charge in [0.2, 0.25) is 0 Å². The molecule has 0 N–H and O–H groups in total. The first-order valence-corrected chi connectivity index (χ1v) is 8.45. The fourth-order valence-corrected chi connectivity index (χ4v) is 3.03. The van der Waals surface area contributed by atoms with Gasteiger partial charge in [-0.25, -0.2) is 0 Å². The highest BCUT2D eigenvalue weighted by atomic mass is 16.7. The molecule has 1 atom stereocenters. The largest absolute Gasteiger partial charge is 0.458 e. The summed E-state index contributed by atoms with van der Waals surface area (Å²) in [5.41, 5.74) is 2.15. The Morgan fingerprint density at radius 1 is 1.13 bits per heavy atom. The molecule has 0 radical (unpaired) electrons. The zero-order chi connectivity index (χ0) is 17.1. The average Bonchev–Trinajstić information content (AvgIpc) is 2.66. The molecule has 3 heteroatoms. The lowest BCUT2D eigenvalue weighted by Gasteiger charge is -2.32. The van der Waals surface area contributed by atoms with Crippen LogP contribution in [0.3, 0.4) is 0 Å². The van der Waals surface area contributed by atoms with E-state index in [2.05, 4.69) is 71.5 Å². The summed E-state index contributed by atoms with van der Waals surface area (Å²) >= 11 is 0. The molecule has 2 nitrogen and oxygen atoms in total. The summed E-state index contributed by atoms with van der Waals surface area (Å²) in [7, 11) is -0.165. The van der Waals surface area contributed by atoms with Crippen LogP contribution in [0, 0.1) is 6.92 Å². The first kappa shape index (κ1) is 18.0. The van der Waals surface area contributed by atoms with Crippen LogP contribution in [0.2, 0.25) is 6.32 Å². The third-order valence-electron chi connectivity index (χ3n) is 5.10. The molecule has 0 aromatic heterocycles. The molecule has 0 aliphatic carbocycles. The van der Waals surface area contributed by atoms with Crippen molar-refractivity contribution < 1.29 is 9.31 Å². The molecule has 1 heterocycles. The molecule has 23 heavy (non-hydrogen) atoms. The highest BCUT2D eigenvalue weighted by molar-refractivity contribution is 6.45. The van der Waals surface area contributed by atoms with Gasteiger partial charge >= 0.3 is 7.12 Å². The maximum absolute atomic E-state index is 6.20. The lowest BCUT2D eigenvalue weighted by Crippen LogP contribution is -2.41. The second-order valence-corrected chi connectivity index (χ2v) is 7.37. The number of allylic oxidation sites excluding steroid dienone is 3. The van der Waals surface area contributed by atoms with Crippen molar-refractivity contribution in [2.75, 3.05) is 0 Å². The van der Waals surface area contributed by atoms with Crippen LogP contribution in [-0.4, -0.2) is 18.3 Å². The molecule has 0 bridgehead atoms. The van der Waals surface area contributed by atoms with E-state index in [-0.39, 0.29) is 18.3 Å². The van der Waals surface area contributed by atoms with E-state index in [9.17, 15) is 0 Å². The third-order valence-corrected chi connectivity index (χ3v) is 5.10. The summed E-state index contributed by atoms with van der Waals surface area (Å²) in [4.78, 5) is 0. The van der Waals surface area contributed by atoms with Crippen LogP contribution in [0.4, 0.5) is 0 Å².